The van der Waals surface area contributed by atoms with Crippen molar-refractivity contribution in [3.63, 3.8) is 0 Å². The van der Waals surface area contributed by atoms with E-state index >= 15 is 0 Å². The molecule has 0 aliphatic heterocycles. The first kappa shape index (κ1) is 14.3. The highest BCUT2D eigenvalue weighted by molar-refractivity contribution is 7.80. The molecule has 0 heterocycles. The quantitative estimate of drug-likeness (QED) is 0.585. The summed E-state index contributed by atoms with van der Waals surface area (Å²) in [6, 6.07) is 7.68. The van der Waals surface area contributed by atoms with E-state index in [1.807, 2.05) is 24.3 Å². The SMILES string of the molecule is CN(CCCOc1ccccc1C(N)=S)CC1CC1. The second-order valence-electron chi connectivity index (χ2n) is 5.27. The molecule has 1 aromatic carbocycles. The molecule has 1 aromatic rings. The monoisotopic (exact) mass is 278 g/mol. The number of hydrogen-bond donors (Lipinski definition) is 1. The number of benzene rings is 1. The van der Waals surface area contributed by atoms with Crippen molar-refractivity contribution >= 4 is 17.2 Å². The van der Waals surface area contributed by atoms with Gasteiger partial charge in [-0.1, -0.05) is 24.4 Å². The number of ether oxygens (including phenoxy) is 1. The van der Waals surface area contributed by atoms with Gasteiger partial charge in [-0.3, -0.25) is 0 Å². The van der Waals surface area contributed by atoms with Gasteiger partial charge in [0, 0.05) is 13.1 Å². The second kappa shape index (κ2) is 6.87. The molecule has 0 atom stereocenters. The van der Waals surface area contributed by atoms with E-state index in [1.165, 1.54) is 19.4 Å². The van der Waals surface area contributed by atoms with Crippen LogP contribution in [0.4, 0.5) is 0 Å². The van der Waals surface area contributed by atoms with Crippen LogP contribution in [-0.2, 0) is 0 Å². The minimum Gasteiger partial charge on any atom is -0.493 e. The van der Waals surface area contributed by atoms with Crippen molar-refractivity contribution in [2.24, 2.45) is 11.7 Å². The van der Waals surface area contributed by atoms with Crippen LogP contribution in [0.5, 0.6) is 5.75 Å². The van der Waals surface area contributed by atoms with Gasteiger partial charge in [-0.2, -0.15) is 0 Å². The first-order valence-electron chi connectivity index (χ1n) is 6.87. The van der Waals surface area contributed by atoms with Crippen molar-refractivity contribution in [3.05, 3.63) is 29.8 Å². The van der Waals surface area contributed by atoms with Crippen LogP contribution < -0.4 is 10.5 Å². The maximum Gasteiger partial charge on any atom is 0.129 e. The zero-order chi connectivity index (χ0) is 13.7. The van der Waals surface area contributed by atoms with E-state index in [0.717, 1.165) is 30.2 Å². The number of para-hydroxylation sites is 1. The van der Waals surface area contributed by atoms with E-state index in [0.29, 0.717) is 11.6 Å². The Morgan fingerprint density at radius 3 is 2.84 bits per heavy atom. The molecule has 3 nitrogen and oxygen atoms in total. The number of rotatable bonds is 8. The molecule has 0 spiro atoms. The lowest BCUT2D eigenvalue weighted by atomic mass is 10.2. The Kier molecular flexibility index (Phi) is 5.16. The van der Waals surface area contributed by atoms with Crippen LogP contribution in [0.15, 0.2) is 24.3 Å². The first-order chi connectivity index (χ1) is 9.16. The summed E-state index contributed by atoms with van der Waals surface area (Å²) in [5.74, 6) is 1.74. The molecule has 1 saturated carbocycles. The third kappa shape index (κ3) is 4.80. The predicted molar refractivity (Wildman–Crippen MR) is 82.7 cm³/mol. The zero-order valence-corrected chi connectivity index (χ0v) is 12.3. The Morgan fingerprint density at radius 2 is 2.16 bits per heavy atom. The van der Waals surface area contributed by atoms with Crippen LogP contribution in [0.1, 0.15) is 24.8 Å². The third-order valence-corrected chi connectivity index (χ3v) is 3.58. The lowest BCUT2D eigenvalue weighted by Gasteiger charge is -2.16. The highest BCUT2D eigenvalue weighted by Crippen LogP contribution is 2.29. The fraction of sp³-hybridized carbons (Fsp3) is 0.533. The largest absolute Gasteiger partial charge is 0.493 e. The van der Waals surface area contributed by atoms with Gasteiger partial charge in [0.05, 0.1) is 12.2 Å². The standard InChI is InChI=1S/C15H22N2OS/c1-17(11-12-7-8-12)9-4-10-18-14-6-3-2-5-13(14)15(16)19/h2-3,5-6,12H,4,7-11H2,1H3,(H2,16,19). The molecule has 0 radical (unpaired) electrons. The molecule has 0 amide bonds. The fourth-order valence-corrected chi connectivity index (χ4v) is 2.31. The van der Waals surface area contributed by atoms with Gasteiger partial charge in [0.15, 0.2) is 0 Å². The molecule has 1 fully saturated rings. The van der Waals surface area contributed by atoms with Crippen molar-refractivity contribution in [1.82, 2.24) is 4.90 Å². The maximum absolute atomic E-state index is 5.78. The smallest absolute Gasteiger partial charge is 0.129 e. The number of hydrogen-bond acceptors (Lipinski definition) is 3. The summed E-state index contributed by atoms with van der Waals surface area (Å²) in [6.45, 7) is 3.00. The molecule has 0 aromatic heterocycles. The van der Waals surface area contributed by atoms with Crippen molar-refractivity contribution in [2.45, 2.75) is 19.3 Å². The molecule has 0 unspecified atom stereocenters. The van der Waals surface area contributed by atoms with Gasteiger partial charge in [-0.25, -0.2) is 0 Å². The first-order valence-corrected chi connectivity index (χ1v) is 7.28. The zero-order valence-electron chi connectivity index (χ0n) is 11.5. The molecular weight excluding hydrogens is 256 g/mol. The molecule has 19 heavy (non-hydrogen) atoms. The van der Waals surface area contributed by atoms with E-state index in [1.54, 1.807) is 0 Å². The molecule has 104 valence electrons. The summed E-state index contributed by atoms with van der Waals surface area (Å²) in [5, 5.41) is 0. The van der Waals surface area contributed by atoms with E-state index in [9.17, 15) is 0 Å². The Morgan fingerprint density at radius 1 is 1.42 bits per heavy atom. The highest BCUT2D eigenvalue weighted by Gasteiger charge is 2.22. The van der Waals surface area contributed by atoms with E-state index in [-0.39, 0.29) is 0 Å². The van der Waals surface area contributed by atoms with Gasteiger partial charge in [0.2, 0.25) is 0 Å². The minimum absolute atomic E-state index is 0.390. The lowest BCUT2D eigenvalue weighted by molar-refractivity contribution is 0.257. The number of nitrogens with zero attached hydrogens (tertiary/aromatic N) is 1. The van der Waals surface area contributed by atoms with Crippen LogP contribution >= 0.6 is 12.2 Å². The van der Waals surface area contributed by atoms with Crippen LogP contribution in [-0.4, -0.2) is 36.6 Å². The topological polar surface area (TPSA) is 38.5 Å². The normalized spacial score (nSPS) is 14.6. The summed E-state index contributed by atoms with van der Waals surface area (Å²) < 4.78 is 5.78. The Bertz CT molecular complexity index is 432. The molecular formula is C15H22N2OS. The molecule has 4 heteroatoms. The second-order valence-corrected chi connectivity index (χ2v) is 5.71. The predicted octanol–water partition coefficient (Wildman–Crippen LogP) is 2.43. The van der Waals surface area contributed by atoms with E-state index < -0.39 is 0 Å². The third-order valence-electron chi connectivity index (χ3n) is 3.36. The van der Waals surface area contributed by atoms with Crippen molar-refractivity contribution < 1.29 is 4.74 Å². The molecule has 2 N–H and O–H groups in total. The van der Waals surface area contributed by atoms with E-state index in [2.05, 4.69) is 11.9 Å². The minimum atomic E-state index is 0.390. The molecule has 1 aliphatic rings. The Balaban J connectivity index is 1.71. The molecule has 0 bridgehead atoms. The van der Waals surface area contributed by atoms with Crippen molar-refractivity contribution in [1.29, 1.82) is 0 Å². The van der Waals surface area contributed by atoms with Crippen LogP contribution in [0.25, 0.3) is 0 Å². The fourth-order valence-electron chi connectivity index (χ4n) is 2.15. The summed E-state index contributed by atoms with van der Waals surface area (Å²) in [7, 11) is 2.18. The Labute approximate surface area is 120 Å². The maximum atomic E-state index is 5.78. The summed E-state index contributed by atoms with van der Waals surface area (Å²) >= 11 is 5.01. The Hall–Kier alpha value is -1.13. The van der Waals surface area contributed by atoms with Crippen LogP contribution in [0.3, 0.4) is 0 Å². The van der Waals surface area contributed by atoms with Crippen LogP contribution in [0, 0.1) is 5.92 Å². The van der Waals surface area contributed by atoms with Gasteiger partial charge in [-0.15, -0.1) is 0 Å². The number of thiocarbonyl (C=S) groups is 1. The number of nitrogens with two attached hydrogens (primary N) is 1. The van der Waals surface area contributed by atoms with Crippen molar-refractivity contribution in [2.75, 3.05) is 26.7 Å². The average Bonchev–Trinajstić information content (AvgIpc) is 3.19. The summed E-state index contributed by atoms with van der Waals surface area (Å²) in [5.41, 5.74) is 6.49. The molecule has 0 saturated heterocycles. The highest BCUT2D eigenvalue weighted by atomic mass is 32.1. The van der Waals surface area contributed by atoms with Gasteiger partial charge < -0.3 is 15.4 Å². The van der Waals surface area contributed by atoms with Crippen LogP contribution in [0.2, 0.25) is 0 Å². The lowest BCUT2D eigenvalue weighted by Crippen LogP contribution is -2.23. The summed E-state index contributed by atoms with van der Waals surface area (Å²) in [4.78, 5) is 2.78. The van der Waals surface area contributed by atoms with Gasteiger partial charge in [-0.05, 0) is 44.4 Å². The van der Waals surface area contributed by atoms with Gasteiger partial charge in [0.25, 0.3) is 0 Å². The summed E-state index contributed by atoms with van der Waals surface area (Å²) in [6.07, 6.45) is 3.83. The molecule has 2 rings (SSSR count). The van der Waals surface area contributed by atoms with Gasteiger partial charge >= 0.3 is 0 Å². The molecule has 1 aliphatic carbocycles. The average molecular weight is 278 g/mol. The van der Waals surface area contributed by atoms with E-state index in [4.69, 9.17) is 22.7 Å². The van der Waals surface area contributed by atoms with Gasteiger partial charge in [0.1, 0.15) is 10.7 Å². The van der Waals surface area contributed by atoms with Crippen molar-refractivity contribution in [3.8, 4) is 5.75 Å².